The van der Waals surface area contributed by atoms with Crippen LogP contribution < -0.4 is 15.9 Å². The monoisotopic (exact) mass is 623 g/mol. The van der Waals surface area contributed by atoms with Crippen molar-refractivity contribution in [3.05, 3.63) is 158 Å². The molecule has 1 aliphatic rings. The van der Waals surface area contributed by atoms with Crippen molar-refractivity contribution in [1.82, 2.24) is 4.57 Å². The molecule has 3 heterocycles. The molecule has 1 unspecified atom stereocenters. The van der Waals surface area contributed by atoms with E-state index in [1.54, 1.807) is 0 Å². The third-order valence-electron chi connectivity index (χ3n) is 9.62. The fourth-order valence-electron chi connectivity index (χ4n) is 7.59. The van der Waals surface area contributed by atoms with Crippen molar-refractivity contribution in [3.8, 4) is 27.9 Å². The fourth-order valence-corrected chi connectivity index (χ4v) is 11.8. The Balaban J connectivity index is 1.20. The number of fused-ring (bicyclic) bond motifs is 9. The molecule has 9 aromatic rings. The van der Waals surface area contributed by atoms with E-state index in [4.69, 9.17) is 0 Å². The molecule has 0 radical (unpaired) electrons. The molecule has 10 rings (SSSR count). The molecular weight excluding hydrogens is 598 g/mol. The number of thiophene rings is 1. The summed E-state index contributed by atoms with van der Waals surface area (Å²) in [6.07, 6.45) is 0. The maximum Gasteiger partial charge on any atom is 0.172 e. The molecule has 46 heavy (non-hydrogen) atoms. The zero-order valence-corrected chi connectivity index (χ0v) is 26.4. The highest BCUT2D eigenvalue weighted by Gasteiger charge is 2.40. The predicted octanol–water partition coefficient (Wildman–Crippen LogP) is 10.4. The molecule has 2 aromatic heterocycles. The summed E-state index contributed by atoms with van der Waals surface area (Å²) in [7, 11) is -3.03. The minimum atomic E-state index is -3.03. The molecule has 7 aromatic carbocycles. The van der Waals surface area contributed by atoms with E-state index in [-0.39, 0.29) is 0 Å². The lowest BCUT2D eigenvalue weighted by Gasteiger charge is -2.16. The van der Waals surface area contributed by atoms with Crippen molar-refractivity contribution < 1.29 is 4.57 Å². The lowest BCUT2D eigenvalue weighted by Crippen LogP contribution is -2.20. The molecule has 0 spiro atoms. The molecule has 0 aliphatic carbocycles. The standard InChI is InChI=1S/C42H26NOPS/c44-45(29-11-2-1-3-12-29)38-18-8-5-14-32(38)35-25-37-34(26-39(35)45)31-13-4-7-17-36(31)43(37)28-23-21-27(22-24-28)30-16-10-20-41-42(30)33-15-6-9-19-40(33)46-41/h1-26H. The average molecular weight is 624 g/mol. The SMILES string of the molecule is O=P1(c2ccccc2)c2ccccc2-c2cc3c(cc21)c1ccccc1n3-c1ccc(-c2cccc3sc4ccccc4c23)cc1. The van der Waals surface area contributed by atoms with Crippen molar-refractivity contribution in [2.45, 2.75) is 0 Å². The first-order valence-corrected chi connectivity index (χ1v) is 18.1. The zero-order valence-electron chi connectivity index (χ0n) is 24.7. The first kappa shape index (κ1) is 26.1. The second-order valence-electron chi connectivity index (χ2n) is 12.0. The summed E-state index contributed by atoms with van der Waals surface area (Å²) in [6.45, 7) is 0. The van der Waals surface area contributed by atoms with Crippen molar-refractivity contribution in [1.29, 1.82) is 0 Å². The smallest absolute Gasteiger partial charge is 0.172 e. The molecule has 4 heteroatoms. The highest BCUT2D eigenvalue weighted by molar-refractivity contribution is 7.86. The number of rotatable bonds is 3. The molecule has 0 bridgehead atoms. The van der Waals surface area contributed by atoms with Gasteiger partial charge in [0.25, 0.3) is 0 Å². The number of benzene rings is 7. The maximum absolute atomic E-state index is 15.2. The second-order valence-corrected chi connectivity index (χ2v) is 15.8. The Kier molecular flexibility index (Phi) is 5.46. The molecule has 0 saturated carbocycles. The van der Waals surface area contributed by atoms with Gasteiger partial charge in [-0.05, 0) is 64.7 Å². The first-order valence-electron chi connectivity index (χ1n) is 15.5. The third kappa shape index (κ3) is 3.50. The minimum absolute atomic E-state index is 0.883. The molecule has 0 amide bonds. The number of para-hydroxylation sites is 1. The van der Waals surface area contributed by atoms with Crippen LogP contribution in [0.3, 0.4) is 0 Å². The van der Waals surface area contributed by atoms with E-state index in [9.17, 15) is 0 Å². The maximum atomic E-state index is 15.2. The van der Waals surface area contributed by atoms with Crippen molar-refractivity contribution in [2.75, 3.05) is 0 Å². The molecule has 0 saturated heterocycles. The van der Waals surface area contributed by atoms with Crippen LogP contribution in [-0.2, 0) is 4.57 Å². The molecule has 1 atom stereocenters. The Labute approximate surface area is 270 Å². The summed E-state index contributed by atoms with van der Waals surface area (Å²) >= 11 is 1.85. The number of aromatic nitrogens is 1. The lowest BCUT2D eigenvalue weighted by atomic mass is 9.99. The Hall–Kier alpha value is -5.21. The van der Waals surface area contributed by atoms with Crippen molar-refractivity contribution >= 4 is 76.4 Å². The van der Waals surface area contributed by atoms with E-state index in [0.29, 0.717) is 0 Å². The van der Waals surface area contributed by atoms with Crippen LogP contribution in [0.2, 0.25) is 0 Å². The quantitative estimate of drug-likeness (QED) is 0.180. The fraction of sp³-hybridized carbons (Fsp3) is 0. The topological polar surface area (TPSA) is 22.0 Å². The summed E-state index contributed by atoms with van der Waals surface area (Å²) < 4.78 is 20.2. The van der Waals surface area contributed by atoms with Gasteiger partial charge in [0.2, 0.25) is 0 Å². The second kappa shape index (κ2) is 9.64. The van der Waals surface area contributed by atoms with E-state index in [1.165, 1.54) is 31.3 Å². The van der Waals surface area contributed by atoms with Gasteiger partial charge < -0.3 is 9.13 Å². The normalized spacial score (nSPS) is 15.6. The highest BCUT2D eigenvalue weighted by Crippen LogP contribution is 2.53. The van der Waals surface area contributed by atoms with Gasteiger partial charge in [-0.3, -0.25) is 0 Å². The van der Waals surface area contributed by atoms with Gasteiger partial charge in [0, 0.05) is 52.5 Å². The molecular formula is C42H26NOPS. The van der Waals surface area contributed by atoms with Gasteiger partial charge in [0.05, 0.1) is 11.0 Å². The summed E-state index contributed by atoms with van der Waals surface area (Å²) in [5, 5.41) is 7.66. The first-order chi connectivity index (χ1) is 22.7. The predicted molar refractivity (Wildman–Crippen MR) is 197 cm³/mol. The molecule has 1 aliphatic heterocycles. The van der Waals surface area contributed by atoms with E-state index in [1.807, 2.05) is 47.7 Å². The van der Waals surface area contributed by atoms with Crippen LogP contribution in [0, 0.1) is 0 Å². The van der Waals surface area contributed by atoms with Gasteiger partial charge in [-0.1, -0.05) is 115 Å². The molecule has 0 N–H and O–H groups in total. The van der Waals surface area contributed by atoms with E-state index in [2.05, 4.69) is 126 Å². The van der Waals surface area contributed by atoms with Crippen LogP contribution in [0.4, 0.5) is 0 Å². The third-order valence-corrected chi connectivity index (χ3v) is 13.9. The van der Waals surface area contributed by atoms with Gasteiger partial charge in [-0.2, -0.15) is 0 Å². The molecule has 2 nitrogen and oxygen atoms in total. The average Bonchev–Trinajstić information content (AvgIpc) is 3.74. The number of hydrogen-bond acceptors (Lipinski definition) is 2. The van der Waals surface area contributed by atoms with Crippen LogP contribution in [0.1, 0.15) is 0 Å². The van der Waals surface area contributed by atoms with Gasteiger partial charge in [-0.15, -0.1) is 11.3 Å². The Morgan fingerprint density at radius 1 is 0.478 bits per heavy atom. The van der Waals surface area contributed by atoms with E-state index >= 15 is 4.57 Å². The van der Waals surface area contributed by atoms with Gasteiger partial charge >= 0.3 is 0 Å². The molecule has 216 valence electrons. The summed E-state index contributed by atoms with van der Waals surface area (Å²) in [5.41, 5.74) is 7.96. The highest BCUT2D eigenvalue weighted by atomic mass is 32.1. The summed E-state index contributed by atoms with van der Waals surface area (Å²) in [6, 6.07) is 55.6. The van der Waals surface area contributed by atoms with E-state index < -0.39 is 7.14 Å². The van der Waals surface area contributed by atoms with Gasteiger partial charge in [-0.25, -0.2) is 0 Å². The van der Waals surface area contributed by atoms with Crippen LogP contribution >= 0.6 is 18.5 Å². The largest absolute Gasteiger partial charge is 0.309 e. The van der Waals surface area contributed by atoms with Crippen molar-refractivity contribution in [3.63, 3.8) is 0 Å². The zero-order chi connectivity index (χ0) is 30.4. The Bertz CT molecular complexity index is 2720. The van der Waals surface area contributed by atoms with Crippen LogP contribution in [0.5, 0.6) is 0 Å². The van der Waals surface area contributed by atoms with Crippen LogP contribution in [-0.4, -0.2) is 4.57 Å². The molecule has 0 fully saturated rings. The van der Waals surface area contributed by atoms with Crippen LogP contribution in [0.15, 0.2) is 158 Å². The Morgan fingerprint density at radius 2 is 1.17 bits per heavy atom. The number of hydrogen-bond donors (Lipinski definition) is 0. The minimum Gasteiger partial charge on any atom is -0.309 e. The van der Waals surface area contributed by atoms with Crippen molar-refractivity contribution in [2.24, 2.45) is 0 Å². The van der Waals surface area contributed by atoms with Gasteiger partial charge in [0.15, 0.2) is 7.14 Å². The summed E-state index contributed by atoms with van der Waals surface area (Å²) in [4.78, 5) is 0. The van der Waals surface area contributed by atoms with Crippen LogP contribution in [0.25, 0.3) is 69.9 Å². The lowest BCUT2D eigenvalue weighted by molar-refractivity contribution is 0.593. The van der Waals surface area contributed by atoms with E-state index in [0.717, 1.165) is 54.5 Å². The Morgan fingerprint density at radius 3 is 2.04 bits per heavy atom. The summed E-state index contributed by atoms with van der Waals surface area (Å²) in [5.74, 6) is 0. The van der Waals surface area contributed by atoms with Gasteiger partial charge in [0.1, 0.15) is 0 Å². The number of nitrogens with zero attached hydrogens (tertiary/aromatic N) is 1.